The Morgan fingerprint density at radius 2 is 1.53 bits per heavy atom. The number of rotatable bonds is 4. The molecule has 0 aliphatic carbocycles. The van der Waals surface area contributed by atoms with Crippen LogP contribution in [0.15, 0.2) is 77.7 Å². The highest BCUT2D eigenvalue weighted by Crippen LogP contribution is 2.50. The van der Waals surface area contributed by atoms with E-state index < -0.39 is 29.1 Å². The van der Waals surface area contributed by atoms with E-state index in [9.17, 15) is 36.2 Å². The van der Waals surface area contributed by atoms with Gasteiger partial charge in [0.15, 0.2) is 5.65 Å². The van der Waals surface area contributed by atoms with Gasteiger partial charge in [-0.3, -0.25) is 9.36 Å². The number of hydrogen-bond acceptors (Lipinski definition) is 4. The number of benzene rings is 2. The van der Waals surface area contributed by atoms with Gasteiger partial charge in [0, 0.05) is 18.2 Å². The summed E-state index contributed by atoms with van der Waals surface area (Å²) < 4.78 is 81.4. The molecule has 34 heavy (non-hydrogen) atoms. The molecule has 11 heteroatoms. The zero-order chi connectivity index (χ0) is 24.7. The molecule has 0 saturated heterocycles. The number of pyridine rings is 1. The number of nitrogens with zero attached hydrogens (tertiary/aromatic N) is 3. The Labute approximate surface area is 188 Å². The zero-order valence-electron chi connectivity index (χ0n) is 17.1. The molecule has 4 aromatic rings. The lowest BCUT2D eigenvalue weighted by atomic mass is 9.92. The van der Waals surface area contributed by atoms with Crippen molar-refractivity contribution in [3.8, 4) is 5.69 Å². The average Bonchev–Trinajstić information content (AvgIpc) is 2.78. The van der Waals surface area contributed by atoms with Crippen LogP contribution in [0.3, 0.4) is 0 Å². The van der Waals surface area contributed by atoms with Gasteiger partial charge in [0.2, 0.25) is 0 Å². The van der Waals surface area contributed by atoms with Crippen molar-refractivity contribution in [3.63, 3.8) is 0 Å². The Balaban J connectivity index is 1.98. The van der Waals surface area contributed by atoms with E-state index in [-0.39, 0.29) is 29.0 Å². The first-order valence-corrected chi connectivity index (χ1v) is 9.81. The number of hydrogen-bond donors (Lipinski definition) is 1. The van der Waals surface area contributed by atoms with Crippen LogP contribution >= 0.6 is 0 Å². The van der Waals surface area contributed by atoms with Crippen molar-refractivity contribution < 1.29 is 31.4 Å². The summed E-state index contributed by atoms with van der Waals surface area (Å²) in [6, 6.07) is 14.6. The molecule has 0 fully saturated rings. The van der Waals surface area contributed by atoms with E-state index in [2.05, 4.69) is 9.97 Å². The molecule has 0 amide bonds. The lowest BCUT2D eigenvalue weighted by Crippen LogP contribution is -2.54. The molecule has 2 aromatic heterocycles. The van der Waals surface area contributed by atoms with Crippen molar-refractivity contribution in [2.45, 2.75) is 24.4 Å². The average molecular weight is 479 g/mol. The summed E-state index contributed by atoms with van der Waals surface area (Å²) in [6.45, 7) is 0. The Kier molecular flexibility index (Phi) is 5.68. The molecular weight excluding hydrogens is 464 g/mol. The van der Waals surface area contributed by atoms with Crippen molar-refractivity contribution in [2.24, 2.45) is 0 Å². The third kappa shape index (κ3) is 3.92. The largest absolute Gasteiger partial charge is 0.430 e. The number of halogens is 6. The van der Waals surface area contributed by atoms with Gasteiger partial charge in [0.1, 0.15) is 5.82 Å². The number of aromatic nitrogens is 3. The number of alkyl halides is 6. The lowest BCUT2D eigenvalue weighted by Gasteiger charge is -2.33. The third-order valence-electron chi connectivity index (χ3n) is 5.26. The summed E-state index contributed by atoms with van der Waals surface area (Å²) >= 11 is 0. The maximum absolute atomic E-state index is 13.4. The van der Waals surface area contributed by atoms with Crippen LogP contribution in [0.25, 0.3) is 16.7 Å². The van der Waals surface area contributed by atoms with Crippen molar-refractivity contribution in [1.29, 1.82) is 0 Å². The summed E-state index contributed by atoms with van der Waals surface area (Å²) in [6.07, 6.45) is -10.7. The molecule has 5 nitrogen and oxygen atoms in total. The van der Waals surface area contributed by atoms with Gasteiger partial charge in [-0.25, -0.2) is 9.97 Å². The maximum atomic E-state index is 13.4. The van der Waals surface area contributed by atoms with E-state index in [1.807, 2.05) is 0 Å². The minimum atomic E-state index is -6.06. The molecule has 1 N–H and O–H groups in total. The van der Waals surface area contributed by atoms with Gasteiger partial charge in [-0.2, -0.15) is 26.3 Å². The second kappa shape index (κ2) is 8.24. The Bertz CT molecular complexity index is 1380. The first-order valence-electron chi connectivity index (χ1n) is 9.81. The van der Waals surface area contributed by atoms with Crippen LogP contribution in [0.4, 0.5) is 26.3 Å². The van der Waals surface area contributed by atoms with Crippen LogP contribution in [0, 0.1) is 0 Å². The van der Waals surface area contributed by atoms with E-state index in [0.717, 1.165) is 16.7 Å². The van der Waals surface area contributed by atoms with Gasteiger partial charge in [0.05, 0.1) is 11.1 Å². The fourth-order valence-corrected chi connectivity index (χ4v) is 3.58. The minimum Gasteiger partial charge on any atom is -0.369 e. The van der Waals surface area contributed by atoms with E-state index >= 15 is 0 Å². The minimum absolute atomic E-state index is 0.0200. The highest BCUT2D eigenvalue weighted by molar-refractivity contribution is 5.73. The molecule has 4 rings (SSSR count). The Hall–Kier alpha value is -3.73. The first kappa shape index (κ1) is 23.4. The third-order valence-corrected chi connectivity index (χ3v) is 5.26. The van der Waals surface area contributed by atoms with E-state index in [0.29, 0.717) is 17.7 Å². The second-order valence-electron chi connectivity index (χ2n) is 7.46. The van der Waals surface area contributed by atoms with E-state index in [4.69, 9.17) is 0 Å². The summed E-state index contributed by atoms with van der Waals surface area (Å²) in [5, 5.41) is 9.83. The van der Waals surface area contributed by atoms with Gasteiger partial charge in [0.25, 0.3) is 11.2 Å². The maximum Gasteiger partial charge on any atom is 0.430 e. The van der Waals surface area contributed by atoms with Crippen LogP contribution in [-0.2, 0) is 12.0 Å². The number of aliphatic hydroxyl groups is 1. The van der Waals surface area contributed by atoms with Crippen LogP contribution in [-0.4, -0.2) is 32.0 Å². The highest BCUT2D eigenvalue weighted by Gasteiger charge is 2.71. The van der Waals surface area contributed by atoms with Gasteiger partial charge in [-0.05, 0) is 29.8 Å². The predicted octanol–water partition coefficient (Wildman–Crippen LogP) is 4.68. The highest BCUT2D eigenvalue weighted by atomic mass is 19.4. The predicted molar refractivity (Wildman–Crippen MR) is 110 cm³/mol. The topological polar surface area (TPSA) is 68.0 Å². The Morgan fingerprint density at radius 1 is 0.853 bits per heavy atom. The van der Waals surface area contributed by atoms with Gasteiger partial charge >= 0.3 is 12.4 Å². The molecule has 2 aromatic carbocycles. The summed E-state index contributed by atoms with van der Waals surface area (Å²) in [5.41, 5.74) is -6.90. The molecule has 2 heterocycles. The summed E-state index contributed by atoms with van der Waals surface area (Å²) in [4.78, 5) is 21.7. The van der Waals surface area contributed by atoms with E-state index in [1.165, 1.54) is 18.3 Å². The van der Waals surface area contributed by atoms with Crippen molar-refractivity contribution in [1.82, 2.24) is 14.5 Å². The van der Waals surface area contributed by atoms with Gasteiger partial charge in [-0.1, -0.05) is 42.5 Å². The molecule has 0 spiro atoms. The molecular formula is C23H15F6N3O2. The van der Waals surface area contributed by atoms with Gasteiger partial charge in [-0.15, -0.1) is 0 Å². The van der Waals surface area contributed by atoms with Crippen LogP contribution in [0.1, 0.15) is 17.0 Å². The second-order valence-corrected chi connectivity index (χ2v) is 7.46. The molecule has 0 aliphatic heterocycles. The monoisotopic (exact) mass is 479 g/mol. The zero-order valence-corrected chi connectivity index (χ0v) is 17.1. The van der Waals surface area contributed by atoms with Crippen molar-refractivity contribution in [3.05, 3.63) is 100 Å². The molecule has 176 valence electrons. The van der Waals surface area contributed by atoms with Crippen LogP contribution < -0.4 is 5.56 Å². The first-order chi connectivity index (χ1) is 15.9. The quantitative estimate of drug-likeness (QED) is 0.432. The SMILES string of the molecule is O=c1c2cccnc2nc(Cc2ccccc2)n1-c1cccc(C(O)(C(F)(F)F)C(F)(F)F)c1. The molecule has 0 unspecified atom stereocenters. The summed E-state index contributed by atoms with van der Waals surface area (Å²) in [7, 11) is 0. The smallest absolute Gasteiger partial charge is 0.369 e. The Morgan fingerprint density at radius 3 is 2.18 bits per heavy atom. The summed E-state index contributed by atoms with van der Waals surface area (Å²) in [5.74, 6) is 0.0436. The fourth-order valence-electron chi connectivity index (χ4n) is 3.58. The van der Waals surface area contributed by atoms with Crippen molar-refractivity contribution >= 4 is 11.0 Å². The van der Waals surface area contributed by atoms with Gasteiger partial charge < -0.3 is 5.11 Å². The normalized spacial score (nSPS) is 12.8. The lowest BCUT2D eigenvalue weighted by molar-refractivity contribution is -0.376. The van der Waals surface area contributed by atoms with Crippen molar-refractivity contribution in [2.75, 3.05) is 0 Å². The molecule has 0 bridgehead atoms. The molecule has 0 aliphatic rings. The van der Waals surface area contributed by atoms with Crippen LogP contribution in [0.2, 0.25) is 0 Å². The van der Waals surface area contributed by atoms with E-state index in [1.54, 1.807) is 30.3 Å². The van der Waals surface area contributed by atoms with Crippen LogP contribution in [0.5, 0.6) is 0 Å². The standard InChI is InChI=1S/C23H15F6N3O2/c24-22(25,26)21(34,23(27,28)29)15-8-4-9-16(13-15)32-18(12-14-6-2-1-3-7-14)31-19-17(20(32)33)10-5-11-30-19/h1-11,13,34H,12H2. The fraction of sp³-hybridized carbons (Fsp3) is 0.174. The molecule has 0 saturated carbocycles. The molecule has 0 radical (unpaired) electrons. The molecule has 0 atom stereocenters. The number of fused-ring (bicyclic) bond motifs is 1.